The van der Waals surface area contributed by atoms with E-state index in [-0.39, 0.29) is 16.9 Å². The highest BCUT2D eigenvalue weighted by atomic mass is 35.5. The molecule has 0 heterocycles. The Morgan fingerprint density at radius 1 is 1.16 bits per heavy atom. The molecule has 0 spiro atoms. The van der Waals surface area contributed by atoms with Gasteiger partial charge < -0.3 is 0 Å². The lowest BCUT2D eigenvalue weighted by Gasteiger charge is -2.06. The number of aldehydes is 1. The number of ketones is 1. The van der Waals surface area contributed by atoms with Gasteiger partial charge in [0.25, 0.3) is 0 Å². The summed E-state index contributed by atoms with van der Waals surface area (Å²) in [5, 5.41) is 9.17. The Hall–Kier alpha value is -2.44. The molecule has 2 aromatic carbocycles. The Morgan fingerprint density at radius 2 is 1.89 bits per heavy atom. The van der Waals surface area contributed by atoms with Crippen LogP contribution >= 0.6 is 11.6 Å². The SMILES string of the molecule is N#Cc1ccc(C=O)c(C(=O)c2ccccc2Cl)c1. The van der Waals surface area contributed by atoms with E-state index in [9.17, 15) is 9.59 Å². The van der Waals surface area contributed by atoms with Gasteiger partial charge in [0.15, 0.2) is 12.1 Å². The monoisotopic (exact) mass is 269 g/mol. The minimum atomic E-state index is -0.371. The van der Waals surface area contributed by atoms with Crippen LogP contribution in [0.2, 0.25) is 5.02 Å². The summed E-state index contributed by atoms with van der Waals surface area (Å²) >= 11 is 5.96. The Balaban J connectivity index is 2.59. The molecule has 0 aliphatic carbocycles. The topological polar surface area (TPSA) is 57.9 Å². The third-order valence-electron chi connectivity index (χ3n) is 2.67. The highest BCUT2D eigenvalue weighted by Gasteiger charge is 2.16. The van der Waals surface area contributed by atoms with Gasteiger partial charge in [0.1, 0.15) is 0 Å². The predicted molar refractivity (Wildman–Crippen MR) is 71.4 cm³/mol. The average Bonchev–Trinajstić information content (AvgIpc) is 2.46. The normalized spacial score (nSPS) is 9.68. The van der Waals surface area contributed by atoms with Crippen molar-refractivity contribution < 1.29 is 9.59 Å². The molecule has 3 nitrogen and oxygen atoms in total. The third kappa shape index (κ3) is 2.54. The molecule has 0 aliphatic rings. The van der Waals surface area contributed by atoms with Crippen LogP contribution in [0.25, 0.3) is 0 Å². The summed E-state index contributed by atoms with van der Waals surface area (Å²) in [7, 11) is 0. The molecule has 0 amide bonds. The van der Waals surface area contributed by atoms with Crippen molar-refractivity contribution in [2.75, 3.05) is 0 Å². The molecule has 2 aromatic rings. The van der Waals surface area contributed by atoms with Crippen LogP contribution in [-0.2, 0) is 0 Å². The van der Waals surface area contributed by atoms with Crippen LogP contribution in [0.5, 0.6) is 0 Å². The highest BCUT2D eigenvalue weighted by molar-refractivity contribution is 6.35. The van der Waals surface area contributed by atoms with Gasteiger partial charge in [-0.1, -0.05) is 23.7 Å². The number of hydrogen-bond acceptors (Lipinski definition) is 3. The summed E-state index contributed by atoms with van der Waals surface area (Å²) < 4.78 is 0. The Morgan fingerprint density at radius 3 is 2.53 bits per heavy atom. The lowest BCUT2D eigenvalue weighted by atomic mass is 9.97. The van der Waals surface area contributed by atoms with Crippen LogP contribution in [0.4, 0.5) is 0 Å². The number of carbonyl (C=O) groups is 2. The maximum absolute atomic E-state index is 12.4. The van der Waals surface area contributed by atoms with Crippen LogP contribution < -0.4 is 0 Å². The maximum atomic E-state index is 12.4. The van der Waals surface area contributed by atoms with Gasteiger partial charge in [-0.05, 0) is 30.3 Å². The molecule has 0 bridgehead atoms. The van der Waals surface area contributed by atoms with Gasteiger partial charge >= 0.3 is 0 Å². The van der Waals surface area contributed by atoms with Crippen LogP contribution in [-0.4, -0.2) is 12.1 Å². The quantitative estimate of drug-likeness (QED) is 0.635. The van der Waals surface area contributed by atoms with Gasteiger partial charge in [0, 0.05) is 16.7 Å². The number of hydrogen-bond donors (Lipinski definition) is 0. The van der Waals surface area contributed by atoms with Crippen molar-refractivity contribution in [2.45, 2.75) is 0 Å². The zero-order valence-electron chi connectivity index (χ0n) is 9.76. The molecule has 0 saturated carbocycles. The summed E-state index contributed by atoms with van der Waals surface area (Å²) in [6, 6.07) is 12.9. The lowest BCUT2D eigenvalue weighted by molar-refractivity contribution is 0.102. The lowest BCUT2D eigenvalue weighted by Crippen LogP contribution is -2.06. The van der Waals surface area contributed by atoms with Crippen molar-refractivity contribution in [3.63, 3.8) is 0 Å². The van der Waals surface area contributed by atoms with Crippen molar-refractivity contribution in [2.24, 2.45) is 0 Å². The van der Waals surface area contributed by atoms with E-state index < -0.39 is 0 Å². The zero-order valence-corrected chi connectivity index (χ0v) is 10.5. The first-order valence-electron chi connectivity index (χ1n) is 5.46. The number of nitrogens with zero attached hydrogens (tertiary/aromatic N) is 1. The van der Waals surface area contributed by atoms with Crippen molar-refractivity contribution in [3.05, 3.63) is 69.7 Å². The maximum Gasteiger partial charge on any atom is 0.195 e. The molecule has 0 unspecified atom stereocenters. The fraction of sp³-hybridized carbons (Fsp3) is 0. The predicted octanol–water partition coefficient (Wildman–Crippen LogP) is 3.26. The van der Waals surface area contributed by atoms with E-state index in [1.165, 1.54) is 18.2 Å². The van der Waals surface area contributed by atoms with Crippen LogP contribution in [0, 0.1) is 11.3 Å². The first kappa shape index (κ1) is 13.0. The number of carbonyl (C=O) groups excluding carboxylic acids is 2. The van der Waals surface area contributed by atoms with Crippen molar-refractivity contribution in [1.29, 1.82) is 5.26 Å². The second-order valence-corrected chi connectivity index (χ2v) is 4.25. The molecule has 2 rings (SSSR count). The van der Waals surface area contributed by atoms with E-state index in [0.717, 1.165) is 0 Å². The molecule has 0 N–H and O–H groups in total. The summed E-state index contributed by atoms with van der Waals surface area (Å²) in [6.07, 6.45) is 0.589. The van der Waals surface area contributed by atoms with Crippen molar-refractivity contribution >= 4 is 23.7 Å². The largest absolute Gasteiger partial charge is 0.298 e. The van der Waals surface area contributed by atoms with E-state index >= 15 is 0 Å². The fourth-order valence-electron chi connectivity index (χ4n) is 1.72. The van der Waals surface area contributed by atoms with E-state index in [2.05, 4.69) is 0 Å². The van der Waals surface area contributed by atoms with Gasteiger partial charge in [0.05, 0.1) is 16.7 Å². The second-order valence-electron chi connectivity index (χ2n) is 3.84. The number of benzene rings is 2. The number of halogens is 1. The fourth-order valence-corrected chi connectivity index (χ4v) is 1.94. The van der Waals surface area contributed by atoms with Crippen molar-refractivity contribution in [1.82, 2.24) is 0 Å². The van der Waals surface area contributed by atoms with Gasteiger partial charge in [-0.2, -0.15) is 5.26 Å². The molecule has 4 heteroatoms. The molecule has 19 heavy (non-hydrogen) atoms. The van der Waals surface area contributed by atoms with E-state index in [0.29, 0.717) is 22.4 Å². The minimum Gasteiger partial charge on any atom is -0.298 e. The van der Waals surface area contributed by atoms with E-state index in [1.54, 1.807) is 24.3 Å². The number of nitriles is 1. The minimum absolute atomic E-state index is 0.183. The summed E-state index contributed by atoms with van der Waals surface area (Å²) in [4.78, 5) is 23.3. The van der Waals surface area contributed by atoms with Gasteiger partial charge in [0.2, 0.25) is 0 Å². The van der Waals surface area contributed by atoms with Gasteiger partial charge in [-0.15, -0.1) is 0 Å². The van der Waals surface area contributed by atoms with Crippen LogP contribution in [0.15, 0.2) is 42.5 Å². The molecule has 0 saturated heterocycles. The van der Waals surface area contributed by atoms with Crippen LogP contribution in [0.3, 0.4) is 0 Å². The molecular formula is C15H8ClNO2. The summed E-state index contributed by atoms with van der Waals surface area (Å²) in [6.45, 7) is 0. The van der Waals surface area contributed by atoms with Gasteiger partial charge in [-0.3, -0.25) is 9.59 Å². The molecule has 0 atom stereocenters. The molecule has 0 fully saturated rings. The first-order chi connectivity index (χ1) is 9.17. The standard InChI is InChI=1S/C15H8ClNO2/c16-14-4-2-1-3-12(14)15(19)13-7-10(8-17)5-6-11(13)9-18/h1-7,9H. The second kappa shape index (κ2) is 5.47. The Bertz CT molecular complexity index is 702. The van der Waals surface area contributed by atoms with Gasteiger partial charge in [-0.25, -0.2) is 0 Å². The van der Waals surface area contributed by atoms with Crippen molar-refractivity contribution in [3.8, 4) is 6.07 Å². The molecule has 0 aliphatic heterocycles. The average molecular weight is 270 g/mol. The van der Waals surface area contributed by atoms with E-state index in [1.807, 2.05) is 6.07 Å². The first-order valence-corrected chi connectivity index (χ1v) is 5.83. The molecule has 92 valence electrons. The van der Waals surface area contributed by atoms with E-state index in [4.69, 9.17) is 16.9 Å². The highest BCUT2D eigenvalue weighted by Crippen LogP contribution is 2.21. The number of rotatable bonds is 3. The molecule has 0 aromatic heterocycles. The molecular weight excluding hydrogens is 262 g/mol. The Kier molecular flexibility index (Phi) is 3.74. The summed E-state index contributed by atoms with van der Waals surface area (Å²) in [5.41, 5.74) is 1.05. The zero-order chi connectivity index (χ0) is 13.8. The molecule has 0 radical (unpaired) electrons. The van der Waals surface area contributed by atoms with Crippen LogP contribution in [0.1, 0.15) is 31.8 Å². The Labute approximate surface area is 115 Å². The smallest absolute Gasteiger partial charge is 0.195 e. The third-order valence-corrected chi connectivity index (χ3v) is 3.00. The summed E-state index contributed by atoms with van der Waals surface area (Å²) in [5.74, 6) is -0.371.